The van der Waals surface area contributed by atoms with E-state index in [-0.39, 0.29) is 36.5 Å². The van der Waals surface area contributed by atoms with Crippen LogP contribution in [-0.4, -0.2) is 46.0 Å². The molecule has 0 N–H and O–H groups in total. The number of halogens is 1. The first-order chi connectivity index (χ1) is 14.3. The zero-order valence-corrected chi connectivity index (χ0v) is 19.2. The molecule has 0 radical (unpaired) electrons. The minimum atomic E-state index is -3.69. The Morgan fingerprint density at radius 3 is 2.40 bits per heavy atom. The Bertz CT molecular complexity index is 1000. The van der Waals surface area contributed by atoms with Gasteiger partial charge in [0.2, 0.25) is 10.0 Å². The fourth-order valence-corrected chi connectivity index (χ4v) is 5.29. The maximum Gasteiger partial charge on any atom is 0.309 e. The zero-order chi connectivity index (χ0) is 21.7. The van der Waals surface area contributed by atoms with Crippen LogP contribution in [0.1, 0.15) is 18.4 Å². The van der Waals surface area contributed by atoms with Gasteiger partial charge in [-0.05, 0) is 42.7 Å². The average Bonchev–Trinajstić information content (AvgIpc) is 2.77. The van der Waals surface area contributed by atoms with Gasteiger partial charge in [0.25, 0.3) is 0 Å². The molecule has 0 atom stereocenters. The van der Waals surface area contributed by atoms with Crippen LogP contribution in [0.2, 0.25) is 0 Å². The van der Waals surface area contributed by atoms with Gasteiger partial charge < -0.3 is 14.2 Å². The molecule has 2 aromatic rings. The molecule has 0 bridgehead atoms. The highest BCUT2D eigenvalue weighted by atomic mass is 79.9. The lowest BCUT2D eigenvalue weighted by Gasteiger charge is -2.30. The van der Waals surface area contributed by atoms with Crippen LogP contribution in [0.5, 0.6) is 11.5 Å². The quantitative estimate of drug-likeness (QED) is 0.543. The summed E-state index contributed by atoms with van der Waals surface area (Å²) in [5.41, 5.74) is 0.895. The van der Waals surface area contributed by atoms with Crippen LogP contribution in [-0.2, 0) is 26.2 Å². The zero-order valence-electron chi connectivity index (χ0n) is 16.8. The van der Waals surface area contributed by atoms with Gasteiger partial charge in [0.15, 0.2) is 11.5 Å². The third-order valence-electron chi connectivity index (χ3n) is 5.05. The van der Waals surface area contributed by atoms with E-state index < -0.39 is 10.0 Å². The third kappa shape index (κ3) is 5.14. The van der Waals surface area contributed by atoms with Crippen molar-refractivity contribution in [3.8, 4) is 11.5 Å². The maximum absolute atomic E-state index is 13.0. The van der Waals surface area contributed by atoms with E-state index in [0.717, 1.165) is 10.0 Å². The summed E-state index contributed by atoms with van der Waals surface area (Å²) in [7, 11) is -0.738. The molecule has 1 fully saturated rings. The van der Waals surface area contributed by atoms with Crippen molar-refractivity contribution in [2.24, 2.45) is 5.92 Å². The van der Waals surface area contributed by atoms with Crippen LogP contribution in [0.15, 0.2) is 51.8 Å². The highest BCUT2D eigenvalue weighted by Gasteiger charge is 2.33. The van der Waals surface area contributed by atoms with Gasteiger partial charge in [0.05, 0.1) is 25.0 Å². The molecule has 30 heavy (non-hydrogen) atoms. The van der Waals surface area contributed by atoms with E-state index in [1.54, 1.807) is 6.07 Å². The van der Waals surface area contributed by atoms with E-state index in [4.69, 9.17) is 14.2 Å². The van der Waals surface area contributed by atoms with Crippen LogP contribution in [0, 0.1) is 5.92 Å². The third-order valence-corrected chi connectivity index (χ3v) is 7.44. The molecule has 2 aromatic carbocycles. The smallest absolute Gasteiger partial charge is 0.309 e. The molecule has 0 aliphatic carbocycles. The minimum Gasteiger partial charge on any atom is -0.493 e. The molecule has 1 heterocycles. The van der Waals surface area contributed by atoms with E-state index in [9.17, 15) is 13.2 Å². The molecule has 0 aromatic heterocycles. The van der Waals surface area contributed by atoms with Crippen LogP contribution >= 0.6 is 15.9 Å². The Labute approximate surface area is 185 Å². The van der Waals surface area contributed by atoms with Crippen molar-refractivity contribution in [2.75, 3.05) is 27.3 Å². The molecule has 0 unspecified atom stereocenters. The lowest BCUT2D eigenvalue weighted by molar-refractivity contribution is -0.151. The van der Waals surface area contributed by atoms with Gasteiger partial charge in [-0.3, -0.25) is 4.79 Å². The van der Waals surface area contributed by atoms with Crippen molar-refractivity contribution in [3.05, 3.63) is 52.5 Å². The van der Waals surface area contributed by atoms with Crippen molar-refractivity contribution >= 4 is 31.9 Å². The SMILES string of the molecule is COc1ccc(S(=O)(=O)N2CCC(C(=O)OCc3cccc(Br)c3)CC2)cc1OC. The van der Waals surface area contributed by atoms with E-state index >= 15 is 0 Å². The van der Waals surface area contributed by atoms with E-state index in [1.807, 2.05) is 24.3 Å². The molecule has 0 spiro atoms. The van der Waals surface area contributed by atoms with Crippen LogP contribution in [0.25, 0.3) is 0 Å². The predicted octanol–water partition coefficient (Wildman–Crippen LogP) is 3.61. The number of methoxy groups -OCH3 is 2. The summed E-state index contributed by atoms with van der Waals surface area (Å²) in [5.74, 6) is 0.208. The highest BCUT2D eigenvalue weighted by Crippen LogP contribution is 2.32. The Morgan fingerprint density at radius 2 is 1.77 bits per heavy atom. The number of sulfonamides is 1. The summed E-state index contributed by atoms with van der Waals surface area (Å²) >= 11 is 3.39. The Balaban J connectivity index is 1.59. The Kier molecular flexibility index (Phi) is 7.38. The van der Waals surface area contributed by atoms with E-state index in [2.05, 4.69) is 15.9 Å². The van der Waals surface area contributed by atoms with Gasteiger partial charge in [-0.2, -0.15) is 4.31 Å². The largest absolute Gasteiger partial charge is 0.493 e. The molecule has 0 saturated carbocycles. The predicted molar refractivity (Wildman–Crippen MR) is 115 cm³/mol. The molecule has 9 heteroatoms. The minimum absolute atomic E-state index is 0.135. The molecule has 1 saturated heterocycles. The number of carbonyl (C=O) groups is 1. The average molecular weight is 498 g/mol. The van der Waals surface area contributed by atoms with Gasteiger partial charge in [-0.1, -0.05) is 28.1 Å². The van der Waals surface area contributed by atoms with Crippen molar-refractivity contribution < 1.29 is 27.4 Å². The van der Waals surface area contributed by atoms with Gasteiger partial charge in [-0.25, -0.2) is 8.42 Å². The monoisotopic (exact) mass is 497 g/mol. The molecule has 3 rings (SSSR count). The lowest BCUT2D eigenvalue weighted by Crippen LogP contribution is -2.40. The lowest BCUT2D eigenvalue weighted by atomic mass is 9.98. The van der Waals surface area contributed by atoms with Crippen molar-refractivity contribution in [3.63, 3.8) is 0 Å². The molecule has 0 amide bonds. The van der Waals surface area contributed by atoms with Gasteiger partial charge in [0.1, 0.15) is 6.61 Å². The van der Waals surface area contributed by atoms with Crippen LogP contribution in [0.3, 0.4) is 0 Å². The number of piperidine rings is 1. The number of rotatable bonds is 7. The number of ether oxygens (including phenoxy) is 3. The summed E-state index contributed by atoms with van der Waals surface area (Å²) in [6.07, 6.45) is 0.841. The molecule has 7 nitrogen and oxygen atoms in total. The second-order valence-corrected chi connectivity index (χ2v) is 9.79. The fraction of sp³-hybridized carbons (Fsp3) is 0.381. The van der Waals surface area contributed by atoms with Gasteiger partial charge in [0, 0.05) is 23.6 Å². The number of benzene rings is 2. The fourth-order valence-electron chi connectivity index (χ4n) is 3.36. The molecular weight excluding hydrogens is 474 g/mol. The van der Waals surface area contributed by atoms with Crippen molar-refractivity contribution in [1.82, 2.24) is 4.31 Å². The summed E-state index contributed by atoms with van der Waals surface area (Å²) in [6.45, 7) is 0.711. The van der Waals surface area contributed by atoms with Crippen LogP contribution < -0.4 is 9.47 Å². The first-order valence-corrected chi connectivity index (χ1v) is 11.7. The van der Waals surface area contributed by atoms with Crippen molar-refractivity contribution in [1.29, 1.82) is 0 Å². The summed E-state index contributed by atoms with van der Waals surface area (Å²) in [4.78, 5) is 12.5. The number of nitrogens with zero attached hydrogens (tertiary/aromatic N) is 1. The summed E-state index contributed by atoms with van der Waals surface area (Å²) in [6, 6.07) is 12.1. The van der Waals surface area contributed by atoms with Crippen LogP contribution in [0.4, 0.5) is 0 Å². The number of esters is 1. The Hall–Kier alpha value is -2.10. The summed E-state index contributed by atoms with van der Waals surface area (Å²) in [5, 5.41) is 0. The Morgan fingerprint density at radius 1 is 1.07 bits per heavy atom. The maximum atomic E-state index is 13.0. The van der Waals surface area contributed by atoms with Gasteiger partial charge in [-0.15, -0.1) is 0 Å². The van der Waals surface area contributed by atoms with E-state index in [0.29, 0.717) is 24.3 Å². The first-order valence-electron chi connectivity index (χ1n) is 9.48. The summed E-state index contributed by atoms with van der Waals surface area (Å²) < 4.78 is 44.1. The van der Waals surface area contributed by atoms with E-state index in [1.165, 1.54) is 30.7 Å². The topological polar surface area (TPSA) is 82.1 Å². The standard InChI is InChI=1S/C21H24BrNO6S/c1-27-19-7-6-18(13-20(19)28-2)30(25,26)23-10-8-16(9-11-23)21(24)29-14-15-4-3-5-17(22)12-15/h3-7,12-13,16H,8-11,14H2,1-2H3. The normalized spacial score (nSPS) is 15.6. The molecule has 162 valence electrons. The van der Waals surface area contributed by atoms with Crippen molar-refractivity contribution in [2.45, 2.75) is 24.3 Å². The number of carbonyl (C=O) groups excluding carboxylic acids is 1. The molecule has 1 aliphatic rings. The van der Waals surface area contributed by atoms with Gasteiger partial charge >= 0.3 is 5.97 Å². The highest BCUT2D eigenvalue weighted by molar-refractivity contribution is 9.10. The number of hydrogen-bond acceptors (Lipinski definition) is 6. The first kappa shape index (κ1) is 22.6. The molecule has 1 aliphatic heterocycles. The second-order valence-electron chi connectivity index (χ2n) is 6.93. The number of hydrogen-bond donors (Lipinski definition) is 0. The molecular formula is C21H24BrNO6S. The second kappa shape index (κ2) is 9.80.